The Morgan fingerprint density at radius 1 is 1.00 bits per heavy atom. The van der Waals surface area contributed by atoms with Crippen molar-refractivity contribution in [1.82, 2.24) is 5.32 Å². The van der Waals surface area contributed by atoms with Crippen molar-refractivity contribution in [1.29, 1.82) is 0 Å². The summed E-state index contributed by atoms with van der Waals surface area (Å²) in [4.78, 5) is 26.7. The fourth-order valence-electron chi connectivity index (χ4n) is 4.80. The molecule has 0 aromatic heterocycles. The fraction of sp³-hybridized carbons (Fsp3) is 0.167. The number of rotatable bonds is 3. The van der Waals surface area contributed by atoms with Crippen LogP contribution in [-0.2, 0) is 10.3 Å². The number of fused-ring (bicyclic) bond motifs is 2. The van der Waals surface area contributed by atoms with Gasteiger partial charge in [0.1, 0.15) is 17.1 Å². The van der Waals surface area contributed by atoms with Crippen LogP contribution < -0.4 is 10.6 Å². The minimum Gasteiger partial charge on any atom is -0.508 e. The molecule has 0 saturated carbocycles. The van der Waals surface area contributed by atoms with Crippen LogP contribution >= 0.6 is 0 Å². The molecule has 3 aromatic carbocycles. The first kappa shape index (κ1) is 18.5. The van der Waals surface area contributed by atoms with Crippen LogP contribution in [0.3, 0.4) is 0 Å². The molecule has 0 bridgehead atoms. The van der Waals surface area contributed by atoms with Crippen molar-refractivity contribution in [3.05, 3.63) is 95.3 Å². The third kappa shape index (κ3) is 2.64. The molecule has 3 N–H and O–H groups in total. The lowest BCUT2D eigenvalue weighted by Gasteiger charge is -2.32. The number of hydrogen-bond donors (Lipinski definition) is 3. The van der Waals surface area contributed by atoms with Gasteiger partial charge in [-0.05, 0) is 48.0 Å². The van der Waals surface area contributed by atoms with Gasteiger partial charge in [-0.1, -0.05) is 30.3 Å². The summed E-state index contributed by atoms with van der Waals surface area (Å²) in [5.41, 5.74) is 1.54. The Morgan fingerprint density at radius 3 is 2.43 bits per heavy atom. The molecule has 2 aliphatic heterocycles. The van der Waals surface area contributed by atoms with Gasteiger partial charge in [-0.3, -0.25) is 14.9 Å². The lowest BCUT2D eigenvalue weighted by atomic mass is 9.70. The van der Waals surface area contributed by atoms with E-state index in [-0.39, 0.29) is 23.3 Å². The zero-order chi connectivity index (χ0) is 20.9. The SMILES string of the molecule is O=C(c1ccc(O)cc1)[C@@H]1CN[C@@]2(C(=O)Nc3ccccc32)[C@H]1c1ccc(F)cc1. The zero-order valence-electron chi connectivity index (χ0n) is 15.9. The second-order valence-electron chi connectivity index (χ2n) is 7.74. The first-order chi connectivity index (χ1) is 14.5. The van der Waals surface area contributed by atoms with Gasteiger partial charge >= 0.3 is 0 Å². The second kappa shape index (κ2) is 6.78. The highest BCUT2D eigenvalue weighted by Gasteiger charge is 2.60. The molecule has 1 spiro atoms. The monoisotopic (exact) mass is 402 g/mol. The number of amides is 1. The number of benzene rings is 3. The minimum atomic E-state index is -1.12. The highest BCUT2D eigenvalue weighted by atomic mass is 19.1. The molecule has 0 aliphatic carbocycles. The average molecular weight is 402 g/mol. The molecule has 6 heteroatoms. The summed E-state index contributed by atoms with van der Waals surface area (Å²) in [6, 6.07) is 19.5. The Labute approximate surface area is 172 Å². The molecule has 2 heterocycles. The standard InChI is InChI=1S/C24H19FN2O3/c25-16-9-5-14(6-10-16)21-18(22(29)15-7-11-17(28)12-8-15)13-26-24(21)19-3-1-2-4-20(19)27-23(24)30/h1-12,18,21,26,28H,13H2,(H,27,30)/t18-,21+,24-/m1/s1. The van der Waals surface area contributed by atoms with Crippen molar-refractivity contribution in [2.24, 2.45) is 5.92 Å². The molecule has 5 rings (SSSR count). The molecule has 0 unspecified atom stereocenters. The van der Waals surface area contributed by atoms with Crippen molar-refractivity contribution >= 4 is 17.4 Å². The fourth-order valence-corrected chi connectivity index (χ4v) is 4.80. The molecule has 1 fully saturated rings. The van der Waals surface area contributed by atoms with E-state index in [1.54, 1.807) is 24.3 Å². The summed E-state index contributed by atoms with van der Waals surface area (Å²) in [7, 11) is 0. The number of para-hydroxylation sites is 1. The van der Waals surface area contributed by atoms with E-state index in [1.807, 2.05) is 24.3 Å². The Morgan fingerprint density at radius 2 is 1.70 bits per heavy atom. The summed E-state index contributed by atoms with van der Waals surface area (Å²) < 4.78 is 13.6. The van der Waals surface area contributed by atoms with Gasteiger partial charge in [0, 0.05) is 35.2 Å². The van der Waals surface area contributed by atoms with E-state index in [2.05, 4.69) is 10.6 Å². The van der Waals surface area contributed by atoms with Crippen LogP contribution in [0.4, 0.5) is 10.1 Å². The highest BCUT2D eigenvalue weighted by molar-refractivity contribution is 6.09. The number of aromatic hydroxyl groups is 1. The normalized spacial score (nSPS) is 24.6. The number of halogens is 1. The van der Waals surface area contributed by atoms with E-state index in [0.717, 1.165) is 5.56 Å². The van der Waals surface area contributed by atoms with E-state index >= 15 is 0 Å². The van der Waals surface area contributed by atoms with Crippen LogP contribution in [0.5, 0.6) is 5.75 Å². The number of carbonyl (C=O) groups is 2. The van der Waals surface area contributed by atoms with E-state index < -0.39 is 17.4 Å². The van der Waals surface area contributed by atoms with E-state index in [1.165, 1.54) is 24.3 Å². The quantitative estimate of drug-likeness (QED) is 0.586. The number of anilines is 1. The molecule has 150 valence electrons. The van der Waals surface area contributed by atoms with Gasteiger partial charge in [0.2, 0.25) is 5.91 Å². The van der Waals surface area contributed by atoms with Crippen LogP contribution in [0.15, 0.2) is 72.8 Å². The molecule has 1 amide bonds. The summed E-state index contributed by atoms with van der Waals surface area (Å²) in [6.07, 6.45) is 0. The van der Waals surface area contributed by atoms with Gasteiger partial charge in [0.15, 0.2) is 5.78 Å². The Kier molecular flexibility index (Phi) is 4.18. The number of carbonyl (C=O) groups excluding carboxylic acids is 2. The number of hydrogen-bond acceptors (Lipinski definition) is 4. The largest absolute Gasteiger partial charge is 0.508 e. The molecule has 30 heavy (non-hydrogen) atoms. The highest BCUT2D eigenvalue weighted by Crippen LogP contribution is 2.52. The lowest BCUT2D eigenvalue weighted by Crippen LogP contribution is -2.47. The molecular weight excluding hydrogens is 383 g/mol. The smallest absolute Gasteiger partial charge is 0.250 e. The average Bonchev–Trinajstić information content (AvgIpc) is 3.28. The molecule has 2 aliphatic rings. The van der Waals surface area contributed by atoms with Crippen molar-refractivity contribution in [3.8, 4) is 5.75 Å². The predicted octanol–water partition coefficient (Wildman–Crippen LogP) is 3.56. The van der Waals surface area contributed by atoms with Crippen LogP contribution in [-0.4, -0.2) is 23.3 Å². The first-order valence-electron chi connectivity index (χ1n) is 9.75. The molecule has 3 aromatic rings. The first-order valence-corrected chi connectivity index (χ1v) is 9.75. The lowest BCUT2D eigenvalue weighted by molar-refractivity contribution is -0.122. The van der Waals surface area contributed by atoms with Crippen LogP contribution in [0.1, 0.15) is 27.4 Å². The third-order valence-electron chi connectivity index (χ3n) is 6.15. The van der Waals surface area contributed by atoms with Crippen LogP contribution in [0.25, 0.3) is 0 Å². The number of phenols is 1. The van der Waals surface area contributed by atoms with Crippen molar-refractivity contribution in [3.63, 3.8) is 0 Å². The maximum Gasteiger partial charge on any atom is 0.250 e. The molecule has 3 atom stereocenters. The van der Waals surface area contributed by atoms with Crippen molar-refractivity contribution in [2.75, 3.05) is 11.9 Å². The molecule has 1 saturated heterocycles. The van der Waals surface area contributed by atoms with Gasteiger partial charge in [0.05, 0.1) is 0 Å². The second-order valence-corrected chi connectivity index (χ2v) is 7.74. The molecule has 0 radical (unpaired) electrons. The van der Waals surface area contributed by atoms with Gasteiger partial charge in [-0.2, -0.15) is 0 Å². The third-order valence-corrected chi connectivity index (χ3v) is 6.15. The van der Waals surface area contributed by atoms with Gasteiger partial charge in [0.25, 0.3) is 0 Å². The van der Waals surface area contributed by atoms with Crippen molar-refractivity contribution < 1.29 is 19.1 Å². The minimum absolute atomic E-state index is 0.0757. The number of phenolic OH excluding ortho intramolecular Hbond substituents is 1. The van der Waals surface area contributed by atoms with Gasteiger partial charge in [-0.25, -0.2) is 4.39 Å². The maximum atomic E-state index is 13.6. The summed E-state index contributed by atoms with van der Waals surface area (Å²) in [5, 5.41) is 15.8. The number of Topliss-reactive ketones (excluding diaryl/α,β-unsaturated/α-hetero) is 1. The zero-order valence-corrected chi connectivity index (χ0v) is 15.9. The van der Waals surface area contributed by atoms with E-state index in [4.69, 9.17) is 0 Å². The Balaban J connectivity index is 1.66. The van der Waals surface area contributed by atoms with Crippen LogP contribution in [0, 0.1) is 11.7 Å². The van der Waals surface area contributed by atoms with E-state index in [9.17, 15) is 19.1 Å². The summed E-state index contributed by atoms with van der Waals surface area (Å²) >= 11 is 0. The number of nitrogens with one attached hydrogen (secondary N) is 2. The topological polar surface area (TPSA) is 78.4 Å². The van der Waals surface area contributed by atoms with Crippen LogP contribution in [0.2, 0.25) is 0 Å². The summed E-state index contributed by atoms with van der Waals surface area (Å²) in [6.45, 7) is 0.295. The number of ketones is 1. The van der Waals surface area contributed by atoms with Crippen molar-refractivity contribution in [2.45, 2.75) is 11.5 Å². The molecule has 5 nitrogen and oxygen atoms in total. The molecular formula is C24H19FN2O3. The van der Waals surface area contributed by atoms with Gasteiger partial charge in [-0.15, -0.1) is 0 Å². The summed E-state index contributed by atoms with van der Waals surface area (Å²) in [5.74, 6) is -1.73. The van der Waals surface area contributed by atoms with E-state index in [0.29, 0.717) is 23.4 Å². The Hall–Kier alpha value is -3.51. The maximum absolute atomic E-state index is 13.6. The predicted molar refractivity (Wildman–Crippen MR) is 110 cm³/mol. The Bertz CT molecular complexity index is 1140. The van der Waals surface area contributed by atoms with Gasteiger partial charge < -0.3 is 10.4 Å².